The third-order valence-electron chi connectivity index (χ3n) is 4.41. The van der Waals surface area contributed by atoms with Gasteiger partial charge in [0.1, 0.15) is 6.20 Å². The minimum Gasteiger partial charge on any atom is -0.358 e. The molecule has 0 amide bonds. The summed E-state index contributed by atoms with van der Waals surface area (Å²) in [5, 5.41) is 15.4. The largest absolute Gasteiger partial charge is 0.368 e. The van der Waals surface area contributed by atoms with E-state index in [2.05, 4.69) is 21.9 Å². The highest BCUT2D eigenvalue weighted by atomic mass is 16.6. The number of imidazole rings is 1. The first-order chi connectivity index (χ1) is 10.1. The molecule has 21 heavy (non-hydrogen) atoms. The molecule has 1 aliphatic carbocycles. The maximum atomic E-state index is 11.0. The fourth-order valence-corrected chi connectivity index (χ4v) is 2.98. The molecule has 1 fully saturated rings. The lowest BCUT2D eigenvalue weighted by Crippen LogP contribution is -2.35. The van der Waals surface area contributed by atoms with Crippen molar-refractivity contribution in [1.82, 2.24) is 14.6 Å². The summed E-state index contributed by atoms with van der Waals surface area (Å²) >= 11 is 0. The highest BCUT2D eigenvalue weighted by Gasteiger charge is 2.24. The molecule has 0 bridgehead atoms. The Morgan fingerprint density at radius 2 is 2.05 bits per heavy atom. The van der Waals surface area contributed by atoms with Crippen LogP contribution in [0, 0.1) is 16.0 Å². The van der Waals surface area contributed by atoms with Gasteiger partial charge in [0, 0.05) is 19.2 Å². The first-order valence-electron chi connectivity index (χ1n) is 7.28. The number of hydrogen-bond donors (Lipinski definition) is 0. The van der Waals surface area contributed by atoms with Crippen molar-refractivity contribution in [3.63, 3.8) is 0 Å². The fourth-order valence-electron chi connectivity index (χ4n) is 2.98. The Labute approximate surface area is 122 Å². The van der Waals surface area contributed by atoms with E-state index < -0.39 is 4.92 Å². The van der Waals surface area contributed by atoms with E-state index in [1.165, 1.54) is 23.6 Å². The first kappa shape index (κ1) is 13.8. The van der Waals surface area contributed by atoms with Crippen molar-refractivity contribution < 1.29 is 4.92 Å². The third kappa shape index (κ3) is 2.55. The molecule has 2 aromatic heterocycles. The summed E-state index contributed by atoms with van der Waals surface area (Å²) in [6.45, 7) is 2.29. The average molecular weight is 289 g/mol. The van der Waals surface area contributed by atoms with E-state index in [4.69, 9.17) is 0 Å². The molecule has 0 unspecified atom stereocenters. The predicted octanol–water partition coefficient (Wildman–Crippen LogP) is 2.65. The van der Waals surface area contributed by atoms with E-state index >= 15 is 0 Å². The molecule has 0 aliphatic heterocycles. The van der Waals surface area contributed by atoms with Crippen molar-refractivity contribution in [3.8, 4) is 0 Å². The minimum absolute atomic E-state index is 0.0995. The summed E-state index contributed by atoms with van der Waals surface area (Å²) in [6.07, 6.45) is 5.98. The lowest BCUT2D eigenvalue weighted by Gasteiger charge is -2.33. The van der Waals surface area contributed by atoms with E-state index in [1.807, 2.05) is 13.1 Å². The summed E-state index contributed by atoms with van der Waals surface area (Å²) in [4.78, 5) is 16.7. The van der Waals surface area contributed by atoms with Gasteiger partial charge in [-0.25, -0.2) is 4.98 Å². The van der Waals surface area contributed by atoms with Crippen LogP contribution in [0.4, 0.5) is 11.6 Å². The molecule has 2 aromatic rings. The quantitative estimate of drug-likeness (QED) is 0.641. The van der Waals surface area contributed by atoms with Crippen molar-refractivity contribution in [3.05, 3.63) is 28.4 Å². The number of fused-ring (bicyclic) bond motifs is 1. The molecular weight excluding hydrogens is 270 g/mol. The molecule has 0 spiro atoms. The number of aromatic nitrogens is 3. The van der Waals surface area contributed by atoms with Gasteiger partial charge in [-0.2, -0.15) is 0 Å². The van der Waals surface area contributed by atoms with E-state index in [0.717, 1.165) is 24.6 Å². The van der Waals surface area contributed by atoms with E-state index in [0.29, 0.717) is 11.7 Å². The van der Waals surface area contributed by atoms with Gasteiger partial charge in [0.15, 0.2) is 5.82 Å². The molecule has 0 atom stereocenters. The van der Waals surface area contributed by atoms with Crippen molar-refractivity contribution in [2.75, 3.05) is 11.9 Å². The molecular formula is C14H19N5O2. The number of anilines is 1. The van der Waals surface area contributed by atoms with Crippen LogP contribution in [-0.4, -0.2) is 32.6 Å². The Morgan fingerprint density at radius 3 is 2.71 bits per heavy atom. The van der Waals surface area contributed by atoms with E-state index in [1.54, 1.807) is 6.07 Å². The van der Waals surface area contributed by atoms with Crippen LogP contribution in [-0.2, 0) is 0 Å². The highest BCUT2D eigenvalue weighted by molar-refractivity contribution is 5.49. The van der Waals surface area contributed by atoms with Crippen LogP contribution < -0.4 is 4.90 Å². The SMILES string of the molecule is CC1CCC(N(C)c2ccc3ncc([N+](=O)[O-])n3n2)CC1. The van der Waals surface area contributed by atoms with Gasteiger partial charge in [0.2, 0.25) is 5.65 Å². The van der Waals surface area contributed by atoms with E-state index in [9.17, 15) is 10.1 Å². The Morgan fingerprint density at radius 1 is 1.33 bits per heavy atom. The van der Waals surface area contributed by atoms with Gasteiger partial charge in [-0.3, -0.25) is 0 Å². The van der Waals surface area contributed by atoms with Gasteiger partial charge < -0.3 is 15.0 Å². The fraction of sp³-hybridized carbons (Fsp3) is 0.571. The van der Waals surface area contributed by atoms with Gasteiger partial charge in [-0.15, -0.1) is 0 Å². The van der Waals surface area contributed by atoms with Gasteiger partial charge in [-0.05, 0) is 42.6 Å². The maximum Gasteiger partial charge on any atom is 0.368 e. The second-order valence-electron chi connectivity index (χ2n) is 5.86. The number of nitrogens with zero attached hydrogens (tertiary/aromatic N) is 5. The molecule has 0 N–H and O–H groups in total. The molecule has 0 aromatic carbocycles. The molecule has 0 radical (unpaired) electrons. The summed E-state index contributed by atoms with van der Waals surface area (Å²) in [7, 11) is 2.01. The molecule has 0 saturated heterocycles. The van der Waals surface area contributed by atoms with Crippen LogP contribution in [0.2, 0.25) is 0 Å². The molecule has 1 saturated carbocycles. The van der Waals surface area contributed by atoms with Crippen molar-refractivity contribution in [2.24, 2.45) is 5.92 Å². The van der Waals surface area contributed by atoms with Crippen LogP contribution in [0.15, 0.2) is 18.3 Å². The lowest BCUT2D eigenvalue weighted by atomic mass is 9.87. The normalized spacial score (nSPS) is 22.4. The van der Waals surface area contributed by atoms with Crippen molar-refractivity contribution >= 4 is 17.3 Å². The zero-order chi connectivity index (χ0) is 15.0. The first-order valence-corrected chi connectivity index (χ1v) is 7.28. The molecule has 2 heterocycles. The molecule has 7 heteroatoms. The van der Waals surface area contributed by atoms with Gasteiger partial charge >= 0.3 is 5.82 Å². The second kappa shape index (κ2) is 5.31. The zero-order valence-corrected chi connectivity index (χ0v) is 12.3. The van der Waals surface area contributed by atoms with Gasteiger partial charge in [-0.1, -0.05) is 16.5 Å². The molecule has 1 aliphatic rings. The van der Waals surface area contributed by atoms with E-state index in [-0.39, 0.29) is 5.82 Å². The van der Waals surface area contributed by atoms with Crippen molar-refractivity contribution in [1.29, 1.82) is 0 Å². The molecule has 7 nitrogen and oxygen atoms in total. The monoisotopic (exact) mass is 289 g/mol. The summed E-state index contributed by atoms with van der Waals surface area (Å²) in [5.74, 6) is 1.44. The predicted molar refractivity (Wildman–Crippen MR) is 79.5 cm³/mol. The summed E-state index contributed by atoms with van der Waals surface area (Å²) in [5.41, 5.74) is 0.496. The average Bonchev–Trinajstić information content (AvgIpc) is 2.90. The molecule has 3 rings (SSSR count). The van der Waals surface area contributed by atoms with Crippen molar-refractivity contribution in [2.45, 2.75) is 38.6 Å². The third-order valence-corrected chi connectivity index (χ3v) is 4.41. The van der Waals surface area contributed by atoms with Gasteiger partial charge in [0.25, 0.3) is 0 Å². The number of hydrogen-bond acceptors (Lipinski definition) is 5. The Balaban J connectivity index is 1.89. The Hall–Kier alpha value is -2.18. The smallest absolute Gasteiger partial charge is 0.358 e. The molecule has 112 valence electrons. The Kier molecular flexibility index (Phi) is 3.48. The van der Waals surface area contributed by atoms with Gasteiger partial charge in [0.05, 0.1) is 0 Å². The Bertz CT molecular complexity index is 660. The van der Waals surface area contributed by atoms with Crippen LogP contribution in [0.1, 0.15) is 32.6 Å². The summed E-state index contributed by atoms with van der Waals surface area (Å²) in [6, 6.07) is 4.11. The highest BCUT2D eigenvalue weighted by Crippen LogP contribution is 2.28. The topological polar surface area (TPSA) is 76.6 Å². The maximum absolute atomic E-state index is 11.0. The zero-order valence-electron chi connectivity index (χ0n) is 12.3. The lowest BCUT2D eigenvalue weighted by molar-refractivity contribution is -0.391. The minimum atomic E-state index is -0.459. The second-order valence-corrected chi connectivity index (χ2v) is 5.86. The van der Waals surface area contributed by atoms with Crippen LogP contribution in [0.5, 0.6) is 0 Å². The summed E-state index contributed by atoms with van der Waals surface area (Å²) < 4.78 is 1.30. The number of rotatable bonds is 3. The number of nitro groups is 1. The van der Waals surface area contributed by atoms with Crippen LogP contribution >= 0.6 is 0 Å². The van der Waals surface area contributed by atoms with Crippen LogP contribution in [0.25, 0.3) is 5.65 Å². The van der Waals surface area contributed by atoms with Crippen LogP contribution in [0.3, 0.4) is 0 Å². The standard InChI is InChI=1S/C14H19N5O2/c1-10-3-5-11(6-4-10)17(2)13-8-7-12-15-9-14(19(20)21)18(12)16-13/h7-11H,3-6H2,1-2H3.